The zero-order valence-electron chi connectivity index (χ0n) is 16.8. The van der Waals surface area contributed by atoms with Gasteiger partial charge in [0.05, 0.1) is 17.5 Å². The number of carbonyl (C=O) groups excluding carboxylic acids is 1. The molecule has 0 saturated carbocycles. The van der Waals surface area contributed by atoms with Crippen LogP contribution in [-0.2, 0) is 21.4 Å². The Morgan fingerprint density at radius 2 is 1.55 bits per heavy atom. The predicted molar refractivity (Wildman–Crippen MR) is 123 cm³/mol. The zero-order valence-corrected chi connectivity index (χ0v) is 19.2. The third kappa shape index (κ3) is 6.08. The predicted octanol–water partition coefficient (Wildman–Crippen LogP) is 5.06. The van der Waals surface area contributed by atoms with Crippen molar-refractivity contribution in [3.05, 3.63) is 100 Å². The van der Waals surface area contributed by atoms with Crippen molar-refractivity contribution in [2.45, 2.75) is 24.4 Å². The van der Waals surface area contributed by atoms with E-state index in [9.17, 15) is 13.2 Å². The molecule has 5 nitrogen and oxygen atoms in total. The van der Waals surface area contributed by atoms with Gasteiger partial charge in [0.25, 0.3) is 0 Å². The van der Waals surface area contributed by atoms with Gasteiger partial charge in [-0.3, -0.25) is 4.79 Å². The fourth-order valence-corrected chi connectivity index (χ4v) is 4.77. The largest absolute Gasteiger partial charge is 0.348 e. The summed E-state index contributed by atoms with van der Waals surface area (Å²) < 4.78 is 27.7. The van der Waals surface area contributed by atoms with Gasteiger partial charge in [-0.1, -0.05) is 71.7 Å². The summed E-state index contributed by atoms with van der Waals surface area (Å²) in [5, 5.41) is 3.71. The molecule has 162 valence electrons. The van der Waals surface area contributed by atoms with Crippen LogP contribution in [0.2, 0.25) is 10.0 Å². The minimum Gasteiger partial charge on any atom is -0.348 e. The van der Waals surface area contributed by atoms with Crippen LogP contribution in [0.5, 0.6) is 0 Å². The summed E-state index contributed by atoms with van der Waals surface area (Å²) in [5.41, 5.74) is 1.53. The van der Waals surface area contributed by atoms with Gasteiger partial charge in [0, 0.05) is 16.6 Å². The standard InChI is InChI=1S/C23H22Cl2N2O3S/c1-17(18-7-3-2-4-8-18)26-23(28)16-27(15-19-9-5-6-10-22(19)25)31(29,30)21-13-11-20(24)12-14-21/h2-14,17H,15-16H2,1H3,(H,26,28)/t17-/m1/s1. The molecule has 0 bridgehead atoms. The van der Waals surface area contributed by atoms with Crippen molar-refractivity contribution in [2.24, 2.45) is 0 Å². The molecule has 0 fully saturated rings. The Balaban J connectivity index is 1.85. The number of amides is 1. The van der Waals surface area contributed by atoms with Gasteiger partial charge in [0.15, 0.2) is 0 Å². The van der Waals surface area contributed by atoms with Gasteiger partial charge < -0.3 is 5.32 Å². The average molecular weight is 477 g/mol. The van der Waals surface area contributed by atoms with Crippen molar-refractivity contribution in [3.63, 3.8) is 0 Å². The number of hydrogen-bond donors (Lipinski definition) is 1. The smallest absolute Gasteiger partial charge is 0.243 e. The topological polar surface area (TPSA) is 66.5 Å². The van der Waals surface area contributed by atoms with E-state index in [4.69, 9.17) is 23.2 Å². The molecule has 0 aliphatic carbocycles. The Labute approximate surface area is 192 Å². The second-order valence-electron chi connectivity index (χ2n) is 7.02. The fourth-order valence-electron chi connectivity index (χ4n) is 3.07. The summed E-state index contributed by atoms with van der Waals surface area (Å²) >= 11 is 12.1. The molecule has 1 amide bonds. The van der Waals surface area contributed by atoms with Crippen molar-refractivity contribution in [2.75, 3.05) is 6.54 Å². The first-order chi connectivity index (χ1) is 14.8. The normalized spacial score (nSPS) is 12.5. The van der Waals surface area contributed by atoms with Crippen LogP contribution in [0.4, 0.5) is 0 Å². The lowest BCUT2D eigenvalue weighted by Gasteiger charge is -2.23. The van der Waals surface area contributed by atoms with E-state index in [1.54, 1.807) is 24.3 Å². The van der Waals surface area contributed by atoms with Crippen molar-refractivity contribution in [1.29, 1.82) is 0 Å². The van der Waals surface area contributed by atoms with Gasteiger partial charge in [-0.2, -0.15) is 4.31 Å². The first-order valence-corrected chi connectivity index (χ1v) is 11.8. The number of nitrogens with one attached hydrogen (secondary N) is 1. The molecular formula is C23H22Cl2N2O3S. The molecule has 1 N–H and O–H groups in total. The van der Waals surface area contributed by atoms with Crippen molar-refractivity contribution in [1.82, 2.24) is 9.62 Å². The van der Waals surface area contributed by atoms with Crippen LogP contribution in [-0.4, -0.2) is 25.2 Å². The van der Waals surface area contributed by atoms with Crippen LogP contribution >= 0.6 is 23.2 Å². The highest BCUT2D eigenvalue weighted by molar-refractivity contribution is 7.89. The minimum atomic E-state index is -3.97. The molecule has 3 aromatic rings. The molecule has 0 radical (unpaired) electrons. The van der Waals surface area contributed by atoms with E-state index in [2.05, 4.69) is 5.32 Å². The number of hydrogen-bond acceptors (Lipinski definition) is 3. The number of sulfonamides is 1. The summed E-state index contributed by atoms with van der Waals surface area (Å²) in [6, 6.07) is 22.0. The average Bonchev–Trinajstić information content (AvgIpc) is 2.75. The number of benzene rings is 3. The summed E-state index contributed by atoms with van der Waals surface area (Å²) in [7, 11) is -3.97. The van der Waals surface area contributed by atoms with Crippen molar-refractivity contribution in [3.8, 4) is 0 Å². The monoisotopic (exact) mass is 476 g/mol. The molecule has 0 spiro atoms. The number of carbonyl (C=O) groups is 1. The number of nitrogens with zero attached hydrogens (tertiary/aromatic N) is 1. The Kier molecular flexibility index (Phi) is 7.73. The summed E-state index contributed by atoms with van der Waals surface area (Å²) in [6.45, 7) is 1.45. The molecule has 3 aromatic carbocycles. The van der Waals surface area contributed by atoms with Crippen LogP contribution in [0.3, 0.4) is 0 Å². The highest BCUT2D eigenvalue weighted by Gasteiger charge is 2.28. The first kappa shape index (κ1) is 23.3. The molecular weight excluding hydrogens is 455 g/mol. The van der Waals surface area contributed by atoms with E-state index in [-0.39, 0.29) is 24.0 Å². The first-order valence-electron chi connectivity index (χ1n) is 9.61. The highest BCUT2D eigenvalue weighted by atomic mass is 35.5. The third-order valence-electron chi connectivity index (χ3n) is 4.75. The second kappa shape index (κ2) is 10.3. The molecule has 3 rings (SSSR count). The maximum atomic E-state index is 13.3. The lowest BCUT2D eigenvalue weighted by Crippen LogP contribution is -2.41. The van der Waals surface area contributed by atoms with Gasteiger partial charge in [-0.15, -0.1) is 0 Å². The molecule has 31 heavy (non-hydrogen) atoms. The Bertz CT molecular complexity index is 1140. The lowest BCUT2D eigenvalue weighted by molar-refractivity contribution is -0.122. The lowest BCUT2D eigenvalue weighted by atomic mass is 10.1. The molecule has 0 aromatic heterocycles. The number of rotatable bonds is 8. The van der Waals surface area contributed by atoms with Crippen LogP contribution in [0, 0.1) is 0 Å². The third-order valence-corrected chi connectivity index (χ3v) is 7.18. The molecule has 1 atom stereocenters. The van der Waals surface area contributed by atoms with E-state index < -0.39 is 15.9 Å². The molecule has 0 unspecified atom stereocenters. The maximum absolute atomic E-state index is 13.3. The molecule has 0 aliphatic rings. The number of halogens is 2. The van der Waals surface area contributed by atoms with E-state index in [1.165, 1.54) is 24.3 Å². The molecule has 0 aliphatic heterocycles. The Morgan fingerprint density at radius 3 is 2.19 bits per heavy atom. The minimum absolute atomic E-state index is 0.0439. The van der Waals surface area contributed by atoms with E-state index in [1.807, 2.05) is 37.3 Å². The van der Waals surface area contributed by atoms with Crippen molar-refractivity contribution < 1.29 is 13.2 Å². The van der Waals surface area contributed by atoms with Crippen LogP contribution < -0.4 is 5.32 Å². The summed E-state index contributed by atoms with van der Waals surface area (Å²) in [4.78, 5) is 12.8. The van der Waals surface area contributed by atoms with Gasteiger partial charge >= 0.3 is 0 Å². The van der Waals surface area contributed by atoms with Gasteiger partial charge in [-0.25, -0.2) is 8.42 Å². The highest BCUT2D eigenvalue weighted by Crippen LogP contribution is 2.23. The van der Waals surface area contributed by atoms with E-state index in [0.717, 1.165) is 9.87 Å². The van der Waals surface area contributed by atoms with Crippen LogP contribution in [0.1, 0.15) is 24.1 Å². The zero-order chi connectivity index (χ0) is 22.4. The Hall–Kier alpha value is -2.38. The maximum Gasteiger partial charge on any atom is 0.243 e. The van der Waals surface area contributed by atoms with Crippen molar-refractivity contribution >= 4 is 39.1 Å². The SMILES string of the molecule is C[C@@H](NC(=O)CN(Cc1ccccc1Cl)S(=O)(=O)c1ccc(Cl)cc1)c1ccccc1. The summed E-state index contributed by atoms with van der Waals surface area (Å²) in [6.07, 6.45) is 0. The molecule has 0 saturated heterocycles. The van der Waals surface area contributed by atoms with Crippen LogP contribution in [0.15, 0.2) is 83.8 Å². The fraction of sp³-hybridized carbons (Fsp3) is 0.174. The Morgan fingerprint density at radius 1 is 0.935 bits per heavy atom. The molecule has 8 heteroatoms. The van der Waals surface area contributed by atoms with Gasteiger partial charge in [0.1, 0.15) is 0 Å². The van der Waals surface area contributed by atoms with Gasteiger partial charge in [-0.05, 0) is 48.4 Å². The van der Waals surface area contributed by atoms with E-state index >= 15 is 0 Å². The quantitative estimate of drug-likeness (QED) is 0.493. The second-order valence-corrected chi connectivity index (χ2v) is 9.80. The van der Waals surface area contributed by atoms with Gasteiger partial charge in [0.2, 0.25) is 15.9 Å². The summed E-state index contributed by atoms with van der Waals surface area (Å²) in [5.74, 6) is -0.416. The molecule has 0 heterocycles. The van der Waals surface area contributed by atoms with E-state index in [0.29, 0.717) is 15.6 Å². The van der Waals surface area contributed by atoms with Crippen LogP contribution in [0.25, 0.3) is 0 Å².